The third-order valence-corrected chi connectivity index (χ3v) is 6.37. The maximum absolute atomic E-state index is 13.8. The molecule has 1 unspecified atom stereocenters. The van der Waals surface area contributed by atoms with E-state index in [1.807, 2.05) is 19.0 Å². The monoisotopic (exact) mass is 560 g/mol. The Balaban J connectivity index is 1.65. The van der Waals surface area contributed by atoms with Crippen molar-refractivity contribution in [2.75, 3.05) is 46.7 Å². The Morgan fingerprint density at radius 2 is 1.98 bits per heavy atom. The number of hydrogen-bond donors (Lipinski definition) is 3. The molecule has 1 aliphatic heterocycles. The number of halogens is 3. The van der Waals surface area contributed by atoms with Gasteiger partial charge in [-0.1, -0.05) is 12.1 Å². The summed E-state index contributed by atoms with van der Waals surface area (Å²) in [6, 6.07) is 8.04. The van der Waals surface area contributed by atoms with E-state index in [0.29, 0.717) is 47.4 Å². The van der Waals surface area contributed by atoms with E-state index in [1.165, 1.54) is 18.1 Å². The zero-order valence-electron chi connectivity index (χ0n) is 22.8. The Morgan fingerprint density at radius 1 is 1.23 bits per heavy atom. The highest BCUT2D eigenvalue weighted by Crippen LogP contribution is 2.40. The van der Waals surface area contributed by atoms with Gasteiger partial charge in [0.15, 0.2) is 0 Å². The number of carbonyl (C=O) groups is 1. The number of benzene rings is 2. The molecule has 0 bridgehead atoms. The van der Waals surface area contributed by atoms with E-state index >= 15 is 0 Å². The number of aliphatic hydroxyl groups excluding tert-OH is 1. The maximum atomic E-state index is 13.8. The first kappa shape index (κ1) is 29.1. The molecule has 1 atom stereocenters. The summed E-state index contributed by atoms with van der Waals surface area (Å²) >= 11 is 0. The van der Waals surface area contributed by atoms with Gasteiger partial charge in [-0.15, -0.1) is 0 Å². The molecule has 1 amide bonds. The van der Waals surface area contributed by atoms with Crippen molar-refractivity contribution >= 4 is 17.5 Å². The molecule has 3 aromatic rings. The zero-order valence-corrected chi connectivity index (χ0v) is 22.8. The molecule has 0 spiro atoms. The molecule has 1 aliphatic rings. The van der Waals surface area contributed by atoms with Crippen LogP contribution in [0.1, 0.15) is 38.8 Å². The van der Waals surface area contributed by atoms with Crippen LogP contribution in [-0.2, 0) is 12.7 Å². The van der Waals surface area contributed by atoms with Crippen LogP contribution in [0.15, 0.2) is 36.5 Å². The number of amides is 1. The Bertz CT molecular complexity index is 1400. The van der Waals surface area contributed by atoms with Gasteiger partial charge < -0.3 is 29.7 Å². The lowest BCUT2D eigenvalue weighted by Crippen LogP contribution is -2.30. The van der Waals surface area contributed by atoms with Crippen molar-refractivity contribution in [2.45, 2.75) is 25.9 Å². The summed E-state index contributed by atoms with van der Waals surface area (Å²) < 4.78 is 52.6. The number of aromatic nitrogens is 2. The first-order chi connectivity index (χ1) is 18.9. The predicted molar refractivity (Wildman–Crippen MR) is 142 cm³/mol. The van der Waals surface area contributed by atoms with E-state index in [1.54, 1.807) is 38.2 Å². The number of methoxy groups -OCH3 is 1. The summed E-state index contributed by atoms with van der Waals surface area (Å²) in [7, 11) is 6.87. The smallest absolute Gasteiger partial charge is 0.423 e. The van der Waals surface area contributed by atoms with Gasteiger partial charge in [0.2, 0.25) is 11.8 Å². The Labute approximate surface area is 229 Å². The standard InChI is InChI=1S/C27H31F3N6O4/c1-15-11-19(21(39-5)12-17(15)23(37)31-9-10-35(2)3)33-26-32-13-18(27(28,29)30)24(34-26)40-20-8-6-7-16-14-36(4)25(38)22(16)20/h6-8,11-13,23,31,37H,9-10,14H2,1-5H3,(H,32,33,34). The quantitative estimate of drug-likeness (QED) is 0.316. The molecule has 214 valence electrons. The van der Waals surface area contributed by atoms with Gasteiger partial charge >= 0.3 is 6.18 Å². The third kappa shape index (κ3) is 6.27. The fraction of sp³-hybridized carbons (Fsp3) is 0.370. The minimum atomic E-state index is -4.81. The van der Waals surface area contributed by atoms with E-state index in [9.17, 15) is 23.1 Å². The number of rotatable bonds is 10. The molecule has 1 aromatic heterocycles. The molecule has 2 aromatic carbocycles. The van der Waals surface area contributed by atoms with Crippen LogP contribution in [0.5, 0.6) is 17.4 Å². The van der Waals surface area contributed by atoms with Crippen molar-refractivity contribution < 1.29 is 32.5 Å². The second-order valence-electron chi connectivity index (χ2n) is 9.66. The SMILES string of the molecule is COc1cc(C(O)NCCN(C)C)c(C)cc1Nc1ncc(C(F)(F)F)c(Oc2cccc3c2C(=O)N(C)C3)n1. The molecule has 0 saturated heterocycles. The third-order valence-electron chi connectivity index (χ3n) is 6.37. The fourth-order valence-corrected chi connectivity index (χ4v) is 4.28. The minimum absolute atomic E-state index is 0.0319. The summed E-state index contributed by atoms with van der Waals surface area (Å²) in [5, 5.41) is 16.5. The highest BCUT2D eigenvalue weighted by Gasteiger charge is 2.37. The van der Waals surface area contributed by atoms with Gasteiger partial charge in [0, 0.05) is 38.4 Å². The number of hydrogen-bond acceptors (Lipinski definition) is 9. The van der Waals surface area contributed by atoms with Gasteiger partial charge in [-0.3, -0.25) is 10.1 Å². The summed E-state index contributed by atoms with van der Waals surface area (Å²) in [6.45, 7) is 3.37. The van der Waals surface area contributed by atoms with Crippen LogP contribution in [0.3, 0.4) is 0 Å². The van der Waals surface area contributed by atoms with Crippen LogP contribution >= 0.6 is 0 Å². The van der Waals surface area contributed by atoms with Crippen molar-refractivity contribution in [3.8, 4) is 17.4 Å². The van der Waals surface area contributed by atoms with Crippen LogP contribution in [0, 0.1) is 6.92 Å². The molecular weight excluding hydrogens is 529 g/mol. The van der Waals surface area contributed by atoms with E-state index < -0.39 is 23.8 Å². The van der Waals surface area contributed by atoms with Gasteiger partial charge in [0.05, 0.1) is 18.4 Å². The molecule has 13 heteroatoms. The van der Waals surface area contributed by atoms with Crippen molar-refractivity contribution in [1.82, 2.24) is 25.1 Å². The Kier molecular flexibility index (Phi) is 8.47. The molecule has 0 fully saturated rings. The summed E-state index contributed by atoms with van der Waals surface area (Å²) in [4.78, 5) is 23.9. The topological polar surface area (TPSA) is 112 Å². The molecule has 3 N–H and O–H groups in total. The second kappa shape index (κ2) is 11.7. The predicted octanol–water partition coefficient (Wildman–Crippen LogP) is 4.08. The average molecular weight is 561 g/mol. The number of aryl methyl sites for hydroxylation is 1. The van der Waals surface area contributed by atoms with Gasteiger partial charge in [0.25, 0.3) is 5.91 Å². The number of carbonyl (C=O) groups excluding carboxylic acids is 1. The van der Waals surface area contributed by atoms with Crippen LogP contribution in [0.25, 0.3) is 0 Å². The van der Waals surface area contributed by atoms with Crippen LogP contribution < -0.4 is 20.1 Å². The molecular formula is C27H31F3N6O4. The van der Waals surface area contributed by atoms with E-state index in [4.69, 9.17) is 9.47 Å². The first-order valence-corrected chi connectivity index (χ1v) is 12.4. The van der Waals surface area contributed by atoms with Crippen LogP contribution in [0.2, 0.25) is 0 Å². The number of fused-ring (bicyclic) bond motifs is 1. The summed E-state index contributed by atoms with van der Waals surface area (Å²) in [5.41, 5.74) is 1.28. The van der Waals surface area contributed by atoms with Crippen LogP contribution in [0.4, 0.5) is 24.8 Å². The summed E-state index contributed by atoms with van der Waals surface area (Å²) in [5.74, 6) is -1.02. The number of nitrogens with one attached hydrogen (secondary N) is 2. The number of aliphatic hydroxyl groups is 1. The summed E-state index contributed by atoms with van der Waals surface area (Å²) in [6.07, 6.45) is -5.15. The number of anilines is 2. The maximum Gasteiger partial charge on any atom is 0.423 e. The largest absolute Gasteiger partial charge is 0.495 e. The van der Waals surface area contributed by atoms with Gasteiger partial charge in [-0.2, -0.15) is 18.2 Å². The fourth-order valence-electron chi connectivity index (χ4n) is 4.28. The molecule has 10 nitrogen and oxygen atoms in total. The van der Waals surface area contributed by atoms with E-state index in [-0.39, 0.29) is 23.2 Å². The zero-order chi connectivity index (χ0) is 29.2. The molecule has 0 saturated carbocycles. The van der Waals surface area contributed by atoms with E-state index in [2.05, 4.69) is 20.6 Å². The normalized spacial score (nSPS) is 13.9. The van der Waals surface area contributed by atoms with E-state index in [0.717, 1.165) is 6.54 Å². The number of likely N-dealkylation sites (N-methyl/N-ethyl adjacent to an activating group) is 1. The molecule has 4 rings (SSSR count). The van der Waals surface area contributed by atoms with Crippen molar-refractivity contribution in [1.29, 1.82) is 0 Å². The van der Waals surface area contributed by atoms with Crippen molar-refractivity contribution in [2.24, 2.45) is 0 Å². The Morgan fingerprint density at radius 3 is 2.65 bits per heavy atom. The second-order valence-corrected chi connectivity index (χ2v) is 9.66. The van der Waals surface area contributed by atoms with Crippen LogP contribution in [-0.4, -0.2) is 72.1 Å². The molecule has 2 heterocycles. The van der Waals surface area contributed by atoms with Crippen molar-refractivity contribution in [3.05, 3.63) is 64.3 Å². The lowest BCUT2D eigenvalue weighted by Gasteiger charge is -2.20. The number of nitrogens with zero attached hydrogens (tertiary/aromatic N) is 4. The minimum Gasteiger partial charge on any atom is -0.495 e. The average Bonchev–Trinajstić information content (AvgIpc) is 3.17. The Hall–Kier alpha value is -3.94. The molecule has 0 aliphatic carbocycles. The highest BCUT2D eigenvalue weighted by molar-refractivity contribution is 6.00. The molecule has 0 radical (unpaired) electrons. The van der Waals surface area contributed by atoms with Crippen molar-refractivity contribution in [3.63, 3.8) is 0 Å². The highest BCUT2D eigenvalue weighted by atomic mass is 19.4. The van der Waals surface area contributed by atoms with Gasteiger partial charge in [-0.05, 0) is 50.3 Å². The van der Waals surface area contributed by atoms with Gasteiger partial charge in [0.1, 0.15) is 23.3 Å². The first-order valence-electron chi connectivity index (χ1n) is 12.4. The molecule has 40 heavy (non-hydrogen) atoms. The van der Waals surface area contributed by atoms with Gasteiger partial charge in [-0.25, -0.2) is 4.98 Å². The number of alkyl halides is 3. The number of ether oxygens (including phenoxy) is 2. The lowest BCUT2D eigenvalue weighted by atomic mass is 10.1. The lowest BCUT2D eigenvalue weighted by molar-refractivity contribution is -0.139.